The fraction of sp³-hybridized carbons (Fsp3) is 0.409. The number of hydrogen-bond donors (Lipinski definition) is 1. The van der Waals surface area contributed by atoms with Crippen LogP contribution in [0, 0.1) is 10.1 Å². The molecule has 1 aliphatic heterocycles. The molecule has 0 unspecified atom stereocenters. The number of carbonyl (C=O) groups is 1. The molecule has 2 aromatic carbocycles. The minimum atomic E-state index is -3.69. The molecule has 1 N–H and O–H groups in total. The number of rotatable bonds is 7. The average Bonchev–Trinajstić information content (AvgIpc) is 3.00. The molecule has 1 saturated heterocycles. The van der Waals surface area contributed by atoms with Gasteiger partial charge in [-0.1, -0.05) is 37.1 Å². The number of sulfone groups is 1. The average molecular weight is 446 g/mol. The number of benzene rings is 2. The number of nitrogens with one attached hydrogen (secondary N) is 1. The van der Waals surface area contributed by atoms with Crippen LogP contribution < -0.4 is 5.32 Å². The molecule has 0 bridgehead atoms. The van der Waals surface area contributed by atoms with Crippen LogP contribution in [0.1, 0.15) is 47.2 Å². The highest BCUT2D eigenvalue weighted by atomic mass is 32.2. The van der Waals surface area contributed by atoms with E-state index in [-0.39, 0.29) is 17.0 Å². The molecule has 1 fully saturated rings. The molecule has 166 valence electrons. The third-order valence-electron chi connectivity index (χ3n) is 5.37. The quantitative estimate of drug-likeness (QED) is 0.517. The molecule has 2 aromatic rings. The second-order valence-corrected chi connectivity index (χ2v) is 9.95. The molecule has 8 nitrogen and oxygen atoms in total. The predicted octanol–water partition coefficient (Wildman–Crippen LogP) is 3.30. The van der Waals surface area contributed by atoms with E-state index in [1.165, 1.54) is 31.2 Å². The van der Waals surface area contributed by atoms with Crippen LogP contribution in [0.5, 0.6) is 0 Å². The van der Waals surface area contributed by atoms with Gasteiger partial charge in [0.05, 0.1) is 9.82 Å². The zero-order valence-electron chi connectivity index (χ0n) is 17.5. The first-order valence-corrected chi connectivity index (χ1v) is 12.2. The molecule has 9 heteroatoms. The minimum absolute atomic E-state index is 0.0626. The van der Waals surface area contributed by atoms with Crippen LogP contribution in [-0.2, 0) is 22.9 Å². The lowest BCUT2D eigenvalue weighted by Gasteiger charge is -2.19. The van der Waals surface area contributed by atoms with Crippen molar-refractivity contribution in [3.8, 4) is 0 Å². The Hall–Kier alpha value is -2.78. The van der Waals surface area contributed by atoms with E-state index in [0.717, 1.165) is 49.7 Å². The standard InChI is InChI=1S/C22H27N3O5S/c1-31(29,30)21-13-19(12-20(14-21)25(27)28)22(26)23-15-17-6-8-18(9-7-17)16-24-10-4-2-3-5-11-24/h6-9,12-14H,2-5,10-11,15-16H2,1H3,(H,23,26). The normalized spacial score (nSPS) is 15.3. The smallest absolute Gasteiger partial charge is 0.271 e. The summed E-state index contributed by atoms with van der Waals surface area (Å²) < 4.78 is 23.6. The first-order valence-electron chi connectivity index (χ1n) is 10.3. The fourth-order valence-corrected chi connectivity index (χ4v) is 4.31. The van der Waals surface area contributed by atoms with Crippen molar-refractivity contribution in [2.75, 3.05) is 19.3 Å². The van der Waals surface area contributed by atoms with Gasteiger partial charge < -0.3 is 5.32 Å². The lowest BCUT2D eigenvalue weighted by molar-refractivity contribution is -0.385. The third kappa shape index (κ3) is 6.60. The number of nitro benzene ring substituents is 1. The molecule has 31 heavy (non-hydrogen) atoms. The van der Waals surface area contributed by atoms with Crippen LogP contribution in [0.2, 0.25) is 0 Å². The maximum Gasteiger partial charge on any atom is 0.271 e. The van der Waals surface area contributed by atoms with Crippen molar-refractivity contribution in [1.82, 2.24) is 10.2 Å². The summed E-state index contributed by atoms with van der Waals surface area (Å²) in [6.45, 7) is 3.39. The van der Waals surface area contributed by atoms with Gasteiger partial charge in [0.25, 0.3) is 11.6 Å². The van der Waals surface area contributed by atoms with Crippen LogP contribution >= 0.6 is 0 Å². The Morgan fingerprint density at radius 2 is 1.65 bits per heavy atom. The summed E-state index contributed by atoms with van der Waals surface area (Å²) >= 11 is 0. The van der Waals surface area contributed by atoms with Gasteiger partial charge in [-0.25, -0.2) is 8.42 Å². The number of likely N-dealkylation sites (tertiary alicyclic amines) is 1. The zero-order chi connectivity index (χ0) is 22.4. The van der Waals surface area contributed by atoms with Crippen LogP contribution in [0.15, 0.2) is 47.4 Å². The molecule has 0 aliphatic carbocycles. The van der Waals surface area contributed by atoms with E-state index in [9.17, 15) is 23.3 Å². The van der Waals surface area contributed by atoms with Gasteiger partial charge in [0.2, 0.25) is 0 Å². The third-order valence-corrected chi connectivity index (χ3v) is 6.47. The van der Waals surface area contributed by atoms with Crippen molar-refractivity contribution in [2.24, 2.45) is 0 Å². The maximum absolute atomic E-state index is 12.5. The molecule has 3 rings (SSSR count). The first-order chi connectivity index (χ1) is 14.7. The summed E-state index contributed by atoms with van der Waals surface area (Å²) in [4.78, 5) is 25.1. The van der Waals surface area contributed by atoms with Crippen molar-refractivity contribution in [3.05, 3.63) is 69.3 Å². The van der Waals surface area contributed by atoms with E-state index in [0.29, 0.717) is 0 Å². The second-order valence-electron chi connectivity index (χ2n) is 7.93. The molecule has 0 spiro atoms. The first kappa shape index (κ1) is 22.9. The molecular formula is C22H27N3O5S. The summed E-state index contributed by atoms with van der Waals surface area (Å²) in [7, 11) is -3.69. The number of amides is 1. The Balaban J connectivity index is 1.64. The van der Waals surface area contributed by atoms with Gasteiger partial charge in [-0.05, 0) is 43.1 Å². The topological polar surface area (TPSA) is 110 Å². The summed E-state index contributed by atoms with van der Waals surface area (Å²) in [5.41, 5.74) is 1.61. The Labute approximate surface area is 182 Å². The van der Waals surface area contributed by atoms with Gasteiger partial charge in [0.1, 0.15) is 0 Å². The van der Waals surface area contributed by atoms with Gasteiger partial charge in [-0.15, -0.1) is 0 Å². The number of non-ortho nitro benzene ring substituents is 1. The highest BCUT2D eigenvalue weighted by molar-refractivity contribution is 7.90. The highest BCUT2D eigenvalue weighted by Crippen LogP contribution is 2.21. The van der Waals surface area contributed by atoms with Crippen LogP contribution in [0.3, 0.4) is 0 Å². The lowest BCUT2D eigenvalue weighted by Crippen LogP contribution is -2.24. The Kier molecular flexibility index (Phi) is 7.40. The Morgan fingerprint density at radius 1 is 1.03 bits per heavy atom. The highest BCUT2D eigenvalue weighted by Gasteiger charge is 2.19. The van der Waals surface area contributed by atoms with Gasteiger partial charge >= 0.3 is 0 Å². The molecule has 1 heterocycles. The fourth-order valence-electron chi connectivity index (χ4n) is 3.63. The Morgan fingerprint density at radius 3 is 2.23 bits per heavy atom. The van der Waals surface area contributed by atoms with E-state index >= 15 is 0 Å². The number of hydrogen-bond acceptors (Lipinski definition) is 6. The summed E-state index contributed by atoms with van der Waals surface area (Å²) in [5.74, 6) is -0.567. The molecule has 1 aliphatic rings. The molecular weight excluding hydrogens is 418 g/mol. The molecule has 0 atom stereocenters. The van der Waals surface area contributed by atoms with Crippen molar-refractivity contribution in [3.63, 3.8) is 0 Å². The van der Waals surface area contributed by atoms with E-state index in [1.54, 1.807) is 0 Å². The molecule has 0 aromatic heterocycles. The number of nitro groups is 1. The van der Waals surface area contributed by atoms with Gasteiger partial charge in [-0.3, -0.25) is 19.8 Å². The summed E-state index contributed by atoms with van der Waals surface area (Å²) in [6.07, 6.45) is 6.02. The van der Waals surface area contributed by atoms with E-state index in [4.69, 9.17) is 0 Å². The largest absolute Gasteiger partial charge is 0.348 e. The van der Waals surface area contributed by atoms with E-state index < -0.39 is 26.4 Å². The van der Waals surface area contributed by atoms with Gasteiger partial charge in [0.15, 0.2) is 9.84 Å². The van der Waals surface area contributed by atoms with Crippen LogP contribution in [-0.4, -0.2) is 43.5 Å². The van der Waals surface area contributed by atoms with Crippen molar-refractivity contribution in [2.45, 2.75) is 43.7 Å². The lowest BCUT2D eigenvalue weighted by atomic mass is 10.1. The second kappa shape index (κ2) is 10.0. The van der Waals surface area contributed by atoms with Gasteiger partial charge in [-0.2, -0.15) is 0 Å². The van der Waals surface area contributed by atoms with Crippen molar-refractivity contribution >= 4 is 21.4 Å². The molecule has 0 saturated carbocycles. The SMILES string of the molecule is CS(=O)(=O)c1cc(C(=O)NCc2ccc(CN3CCCCCC3)cc2)cc([N+](=O)[O-])c1. The number of carbonyl (C=O) groups excluding carboxylic acids is 1. The molecule has 1 amide bonds. The van der Waals surface area contributed by atoms with Crippen molar-refractivity contribution < 1.29 is 18.1 Å². The van der Waals surface area contributed by atoms with E-state index in [1.807, 2.05) is 24.3 Å². The monoisotopic (exact) mass is 445 g/mol. The molecule has 0 radical (unpaired) electrons. The minimum Gasteiger partial charge on any atom is -0.348 e. The van der Waals surface area contributed by atoms with Crippen LogP contribution in [0.25, 0.3) is 0 Å². The van der Waals surface area contributed by atoms with Crippen molar-refractivity contribution in [1.29, 1.82) is 0 Å². The van der Waals surface area contributed by atoms with Gasteiger partial charge in [0, 0.05) is 37.0 Å². The van der Waals surface area contributed by atoms with E-state index in [2.05, 4.69) is 10.2 Å². The summed E-state index contributed by atoms with van der Waals surface area (Å²) in [6, 6.07) is 11.2. The zero-order valence-corrected chi connectivity index (χ0v) is 18.4. The Bertz CT molecular complexity index is 1040. The summed E-state index contributed by atoms with van der Waals surface area (Å²) in [5, 5.41) is 13.8. The number of nitrogens with zero attached hydrogens (tertiary/aromatic N) is 2. The van der Waals surface area contributed by atoms with Crippen LogP contribution in [0.4, 0.5) is 5.69 Å². The maximum atomic E-state index is 12.5. The predicted molar refractivity (Wildman–Crippen MR) is 118 cm³/mol.